The average Bonchev–Trinajstić information content (AvgIpc) is 2.68. The first kappa shape index (κ1) is 9.93. The molecule has 0 radical (unpaired) electrons. The van der Waals surface area contributed by atoms with E-state index >= 15 is 0 Å². The van der Waals surface area contributed by atoms with Gasteiger partial charge >= 0.3 is 0 Å². The zero-order chi connectivity index (χ0) is 10.2. The summed E-state index contributed by atoms with van der Waals surface area (Å²) in [6.45, 7) is 0. The molecule has 0 saturated heterocycles. The van der Waals surface area contributed by atoms with Crippen LogP contribution in [0.4, 0.5) is 4.39 Å². The van der Waals surface area contributed by atoms with Crippen molar-refractivity contribution in [3.63, 3.8) is 0 Å². The van der Waals surface area contributed by atoms with Crippen LogP contribution in [-0.4, -0.2) is 9.97 Å². The first-order valence-electron chi connectivity index (χ1n) is 3.92. The van der Waals surface area contributed by atoms with Gasteiger partial charge in [0.05, 0.1) is 0 Å². The van der Waals surface area contributed by atoms with E-state index in [1.165, 1.54) is 12.1 Å². The molecule has 2 rings (SSSR count). The zero-order valence-corrected chi connectivity index (χ0v) is 7.31. The summed E-state index contributed by atoms with van der Waals surface area (Å²) in [5.41, 5.74) is 0.252. The maximum absolute atomic E-state index is 11.9. The highest BCUT2D eigenvalue weighted by Crippen LogP contribution is 1.95. The highest BCUT2D eigenvalue weighted by Gasteiger charge is 1.91. The van der Waals surface area contributed by atoms with Crippen LogP contribution in [0.25, 0.3) is 0 Å². The molecule has 2 heterocycles. The second kappa shape index (κ2) is 5.49. The quantitative estimate of drug-likeness (QED) is 0.690. The molecule has 0 aliphatic rings. The van der Waals surface area contributed by atoms with E-state index in [0.717, 1.165) is 0 Å². The molecule has 0 amide bonds. The number of nitrogens with zero attached hydrogens (tertiary/aromatic N) is 2. The van der Waals surface area contributed by atoms with Gasteiger partial charge in [-0.3, -0.25) is 4.98 Å². The summed E-state index contributed by atoms with van der Waals surface area (Å²) < 4.78 is 11.9. The van der Waals surface area contributed by atoms with Gasteiger partial charge in [0.25, 0.3) is 0 Å². The van der Waals surface area contributed by atoms with Crippen molar-refractivity contribution in [2.75, 3.05) is 0 Å². The second-order valence-electron chi connectivity index (χ2n) is 2.36. The number of aromatic amines is 1. The van der Waals surface area contributed by atoms with Gasteiger partial charge in [0, 0.05) is 12.4 Å². The van der Waals surface area contributed by atoms with Crippen LogP contribution in [0.5, 0.6) is 0 Å². The van der Waals surface area contributed by atoms with Crippen LogP contribution in [-0.2, 0) is 0 Å². The second-order valence-corrected chi connectivity index (χ2v) is 2.36. The Balaban J connectivity index is 0.000000146. The fourth-order valence-electron chi connectivity index (χ4n) is 0.746. The summed E-state index contributed by atoms with van der Waals surface area (Å²) >= 11 is 0. The Morgan fingerprint density at radius 3 is 2.14 bits per heavy atom. The highest BCUT2D eigenvalue weighted by atomic mass is 19.1. The standard InChI is InChI=1S/C5H3FN2.C5H5N/c6-5-2-1-4(3-7)8-5;1-2-4-6-5-3-1/h1-2,8H;1-5H. The predicted octanol–water partition coefficient (Wildman–Crippen LogP) is 2.11. The molecule has 1 N–H and O–H groups in total. The van der Waals surface area contributed by atoms with Crippen LogP contribution >= 0.6 is 0 Å². The lowest BCUT2D eigenvalue weighted by Crippen LogP contribution is -1.71. The number of hydrogen-bond acceptors (Lipinski definition) is 2. The number of H-pyrrole nitrogens is 1. The smallest absolute Gasteiger partial charge is 0.192 e. The molecule has 2 aromatic rings. The third kappa shape index (κ3) is 3.50. The molecule has 0 aliphatic carbocycles. The van der Waals surface area contributed by atoms with Gasteiger partial charge in [-0.25, -0.2) is 0 Å². The van der Waals surface area contributed by atoms with Gasteiger partial charge in [0.1, 0.15) is 11.8 Å². The molecule has 0 spiro atoms. The first-order chi connectivity index (χ1) is 6.83. The van der Waals surface area contributed by atoms with Gasteiger partial charge in [-0.05, 0) is 24.3 Å². The number of pyridine rings is 1. The third-order valence-electron chi connectivity index (χ3n) is 1.34. The summed E-state index contributed by atoms with van der Waals surface area (Å²) in [6, 6.07) is 10.1. The third-order valence-corrected chi connectivity index (χ3v) is 1.34. The SMILES string of the molecule is N#Cc1ccc(F)[nH]1.c1ccncc1. The van der Waals surface area contributed by atoms with E-state index < -0.39 is 5.95 Å². The fraction of sp³-hybridized carbons (Fsp3) is 0. The van der Waals surface area contributed by atoms with Gasteiger partial charge < -0.3 is 4.98 Å². The van der Waals surface area contributed by atoms with Crippen molar-refractivity contribution in [2.24, 2.45) is 0 Å². The molecule has 0 aliphatic heterocycles. The molecule has 4 heteroatoms. The average molecular weight is 189 g/mol. The summed E-state index contributed by atoms with van der Waals surface area (Å²) in [5.74, 6) is -0.471. The lowest BCUT2D eigenvalue weighted by molar-refractivity contribution is 0.591. The van der Waals surface area contributed by atoms with E-state index in [9.17, 15) is 4.39 Å². The van der Waals surface area contributed by atoms with Crippen molar-refractivity contribution < 1.29 is 4.39 Å². The topological polar surface area (TPSA) is 52.5 Å². The Bertz CT molecular complexity index is 376. The number of nitriles is 1. The van der Waals surface area contributed by atoms with Gasteiger partial charge in [0.15, 0.2) is 5.95 Å². The largest absolute Gasteiger partial charge is 0.323 e. The Morgan fingerprint density at radius 2 is 1.93 bits per heavy atom. The number of aromatic nitrogens is 2. The Hall–Kier alpha value is -2.15. The zero-order valence-electron chi connectivity index (χ0n) is 7.31. The van der Waals surface area contributed by atoms with Crippen LogP contribution in [0.1, 0.15) is 5.69 Å². The van der Waals surface area contributed by atoms with Crippen molar-refractivity contribution in [1.82, 2.24) is 9.97 Å². The van der Waals surface area contributed by atoms with E-state index in [-0.39, 0.29) is 5.69 Å². The van der Waals surface area contributed by atoms with E-state index in [1.807, 2.05) is 18.2 Å². The van der Waals surface area contributed by atoms with Gasteiger partial charge in [0.2, 0.25) is 0 Å². The maximum Gasteiger partial charge on any atom is 0.192 e. The monoisotopic (exact) mass is 189 g/mol. The minimum atomic E-state index is -0.471. The summed E-state index contributed by atoms with van der Waals surface area (Å²) in [5, 5.41) is 8.10. The molecule has 0 saturated carbocycles. The maximum atomic E-state index is 11.9. The molecule has 70 valence electrons. The molecule has 0 bridgehead atoms. The van der Waals surface area contributed by atoms with Crippen LogP contribution < -0.4 is 0 Å². The molecule has 0 aromatic carbocycles. The Kier molecular flexibility index (Phi) is 3.89. The van der Waals surface area contributed by atoms with E-state index in [1.54, 1.807) is 18.5 Å². The Labute approximate surface area is 80.8 Å². The van der Waals surface area contributed by atoms with Crippen molar-refractivity contribution in [1.29, 1.82) is 5.26 Å². The van der Waals surface area contributed by atoms with Crippen LogP contribution in [0.2, 0.25) is 0 Å². The molecule has 0 fully saturated rings. The van der Waals surface area contributed by atoms with Crippen LogP contribution in [0.15, 0.2) is 42.7 Å². The van der Waals surface area contributed by atoms with Crippen molar-refractivity contribution in [2.45, 2.75) is 0 Å². The molecule has 14 heavy (non-hydrogen) atoms. The molecule has 3 nitrogen and oxygen atoms in total. The summed E-state index contributed by atoms with van der Waals surface area (Å²) in [4.78, 5) is 5.98. The number of halogens is 1. The molecule has 2 aromatic heterocycles. The van der Waals surface area contributed by atoms with Gasteiger partial charge in [-0.1, -0.05) is 6.07 Å². The lowest BCUT2D eigenvalue weighted by Gasteiger charge is -1.71. The Morgan fingerprint density at radius 1 is 1.21 bits per heavy atom. The van der Waals surface area contributed by atoms with Gasteiger partial charge in [-0.2, -0.15) is 9.65 Å². The van der Waals surface area contributed by atoms with Crippen molar-refractivity contribution in [3.05, 3.63) is 54.4 Å². The lowest BCUT2D eigenvalue weighted by atomic mass is 10.5. The number of rotatable bonds is 0. The van der Waals surface area contributed by atoms with E-state index in [2.05, 4.69) is 9.97 Å². The van der Waals surface area contributed by atoms with Crippen LogP contribution in [0, 0.1) is 17.3 Å². The molecule has 0 atom stereocenters. The highest BCUT2D eigenvalue weighted by molar-refractivity contribution is 5.19. The van der Waals surface area contributed by atoms with Crippen molar-refractivity contribution >= 4 is 0 Å². The van der Waals surface area contributed by atoms with Crippen molar-refractivity contribution in [3.8, 4) is 6.07 Å². The minimum Gasteiger partial charge on any atom is -0.323 e. The predicted molar refractivity (Wildman–Crippen MR) is 49.7 cm³/mol. The fourth-order valence-corrected chi connectivity index (χ4v) is 0.746. The molecular weight excluding hydrogens is 181 g/mol. The molecular formula is C10H8FN3. The normalized spacial score (nSPS) is 8.29. The minimum absolute atomic E-state index is 0.252. The summed E-state index contributed by atoms with van der Waals surface area (Å²) in [7, 11) is 0. The van der Waals surface area contributed by atoms with Gasteiger partial charge in [-0.15, -0.1) is 0 Å². The van der Waals surface area contributed by atoms with Crippen LogP contribution in [0.3, 0.4) is 0 Å². The van der Waals surface area contributed by atoms with E-state index in [4.69, 9.17) is 5.26 Å². The molecule has 0 unspecified atom stereocenters. The summed E-state index contributed by atoms with van der Waals surface area (Å²) in [6.07, 6.45) is 3.50. The van der Waals surface area contributed by atoms with E-state index in [0.29, 0.717) is 0 Å². The first-order valence-corrected chi connectivity index (χ1v) is 3.92. The number of nitrogens with one attached hydrogen (secondary N) is 1. The number of hydrogen-bond donors (Lipinski definition) is 1.